The third-order valence-corrected chi connectivity index (χ3v) is 3.44. The molecule has 2 heterocycles. The van der Waals surface area contributed by atoms with Crippen LogP contribution in [0.3, 0.4) is 0 Å². The Bertz CT molecular complexity index is 701. The van der Waals surface area contributed by atoms with Gasteiger partial charge in [0.2, 0.25) is 0 Å². The summed E-state index contributed by atoms with van der Waals surface area (Å²) in [6.07, 6.45) is 5.74. The summed E-state index contributed by atoms with van der Waals surface area (Å²) in [5, 5.41) is 18.9. The van der Waals surface area contributed by atoms with Crippen LogP contribution < -0.4 is 10.6 Å². The maximum Gasteiger partial charge on any atom is 0.320 e. The molecule has 7 nitrogen and oxygen atoms in total. The molecule has 0 aliphatic rings. The van der Waals surface area contributed by atoms with Gasteiger partial charge in [-0.15, -0.1) is 0 Å². The second kappa shape index (κ2) is 7.40. The summed E-state index contributed by atoms with van der Waals surface area (Å²) in [4.78, 5) is 16.2. The predicted octanol–water partition coefficient (Wildman–Crippen LogP) is 3.00. The van der Waals surface area contributed by atoms with Crippen molar-refractivity contribution in [1.82, 2.24) is 20.1 Å². The molecule has 2 N–H and O–H groups in total. The number of urea groups is 1. The van der Waals surface area contributed by atoms with Crippen LogP contribution in [0.4, 0.5) is 10.6 Å². The number of pyridine rings is 1. The summed E-state index contributed by atoms with van der Waals surface area (Å²) >= 11 is 0. The standard InChI is InChI=1S/C16H20N6O/c1-4-14(12-5-7-18-8-6-12)19-16(23)20-15-13(9-17)10-22(21-15)11(2)3/h5-8,10-11,14H,4H2,1-3H3,(H2,19,20,21,23)/t14-/m1/s1. The monoisotopic (exact) mass is 312 g/mol. The van der Waals surface area contributed by atoms with E-state index in [1.165, 1.54) is 0 Å². The Morgan fingerprint density at radius 3 is 2.65 bits per heavy atom. The second-order valence-corrected chi connectivity index (χ2v) is 5.42. The lowest BCUT2D eigenvalue weighted by atomic mass is 10.1. The first-order chi connectivity index (χ1) is 11.0. The van der Waals surface area contributed by atoms with Gasteiger partial charge in [0.15, 0.2) is 5.82 Å². The molecule has 0 radical (unpaired) electrons. The van der Waals surface area contributed by atoms with Crippen LogP contribution in [0.25, 0.3) is 0 Å². The first-order valence-corrected chi connectivity index (χ1v) is 7.51. The van der Waals surface area contributed by atoms with Gasteiger partial charge < -0.3 is 5.32 Å². The highest BCUT2D eigenvalue weighted by molar-refractivity contribution is 5.89. The predicted molar refractivity (Wildman–Crippen MR) is 86.8 cm³/mol. The van der Waals surface area contributed by atoms with E-state index in [1.54, 1.807) is 23.3 Å². The van der Waals surface area contributed by atoms with Gasteiger partial charge in [-0.1, -0.05) is 6.92 Å². The summed E-state index contributed by atoms with van der Waals surface area (Å²) in [6, 6.07) is 5.36. The number of anilines is 1. The molecule has 23 heavy (non-hydrogen) atoms. The zero-order chi connectivity index (χ0) is 16.8. The number of carbonyl (C=O) groups is 1. The van der Waals surface area contributed by atoms with E-state index in [9.17, 15) is 4.79 Å². The molecule has 120 valence electrons. The van der Waals surface area contributed by atoms with Crippen LogP contribution >= 0.6 is 0 Å². The first kappa shape index (κ1) is 16.5. The SMILES string of the molecule is CC[C@@H](NC(=O)Nc1nn(C(C)C)cc1C#N)c1ccncc1. The molecule has 0 saturated carbocycles. The molecule has 0 spiro atoms. The van der Waals surface area contributed by atoms with E-state index < -0.39 is 0 Å². The maximum absolute atomic E-state index is 12.2. The van der Waals surface area contributed by atoms with Gasteiger partial charge in [0.1, 0.15) is 11.6 Å². The first-order valence-electron chi connectivity index (χ1n) is 7.51. The molecule has 0 aliphatic heterocycles. The summed E-state index contributed by atoms with van der Waals surface area (Å²) < 4.78 is 1.65. The summed E-state index contributed by atoms with van der Waals surface area (Å²) in [6.45, 7) is 5.89. The molecule has 0 bridgehead atoms. The molecular weight excluding hydrogens is 292 g/mol. The lowest BCUT2D eigenvalue weighted by molar-refractivity contribution is 0.248. The smallest absolute Gasteiger partial charge is 0.320 e. The lowest BCUT2D eigenvalue weighted by Crippen LogP contribution is -2.32. The number of amides is 2. The number of hydrogen-bond donors (Lipinski definition) is 2. The number of rotatable bonds is 5. The van der Waals surface area contributed by atoms with Gasteiger partial charge in [-0.3, -0.25) is 15.0 Å². The molecule has 0 fully saturated rings. The van der Waals surface area contributed by atoms with Crippen molar-refractivity contribution in [2.24, 2.45) is 0 Å². The Hall–Kier alpha value is -2.88. The third kappa shape index (κ3) is 4.07. The van der Waals surface area contributed by atoms with E-state index in [0.29, 0.717) is 5.56 Å². The van der Waals surface area contributed by atoms with Crippen LogP contribution in [0.15, 0.2) is 30.7 Å². The molecule has 0 unspecified atom stereocenters. The second-order valence-electron chi connectivity index (χ2n) is 5.42. The van der Waals surface area contributed by atoms with Crippen LogP contribution in [0.1, 0.15) is 50.4 Å². The fourth-order valence-corrected chi connectivity index (χ4v) is 2.15. The minimum atomic E-state index is -0.390. The number of carbonyl (C=O) groups excluding carboxylic acids is 1. The summed E-state index contributed by atoms with van der Waals surface area (Å²) in [5.74, 6) is 0.267. The van der Waals surface area contributed by atoms with E-state index in [2.05, 4.69) is 20.7 Å². The van der Waals surface area contributed by atoms with E-state index in [-0.39, 0.29) is 23.9 Å². The highest BCUT2D eigenvalue weighted by Gasteiger charge is 2.16. The zero-order valence-electron chi connectivity index (χ0n) is 13.4. The average molecular weight is 312 g/mol. The molecule has 0 aromatic carbocycles. The summed E-state index contributed by atoms with van der Waals surface area (Å²) in [5.41, 5.74) is 1.32. The number of nitriles is 1. The lowest BCUT2D eigenvalue weighted by Gasteiger charge is -2.17. The van der Waals surface area contributed by atoms with Crippen LogP contribution in [0, 0.1) is 11.3 Å². The van der Waals surface area contributed by atoms with Crippen molar-refractivity contribution in [1.29, 1.82) is 5.26 Å². The number of hydrogen-bond acceptors (Lipinski definition) is 4. The Morgan fingerprint density at radius 1 is 1.39 bits per heavy atom. The molecular formula is C16H20N6O. The van der Waals surface area contributed by atoms with Crippen molar-refractivity contribution < 1.29 is 4.79 Å². The van der Waals surface area contributed by atoms with Crippen LogP contribution in [0.2, 0.25) is 0 Å². The minimum absolute atomic E-state index is 0.112. The summed E-state index contributed by atoms with van der Waals surface area (Å²) in [7, 11) is 0. The molecule has 7 heteroatoms. The fraction of sp³-hybridized carbons (Fsp3) is 0.375. The van der Waals surface area contributed by atoms with Gasteiger partial charge in [0, 0.05) is 24.6 Å². The Morgan fingerprint density at radius 2 is 2.09 bits per heavy atom. The van der Waals surface area contributed by atoms with Gasteiger partial charge in [-0.25, -0.2) is 4.79 Å². The quantitative estimate of drug-likeness (QED) is 0.887. The molecule has 2 amide bonds. The number of nitrogens with one attached hydrogen (secondary N) is 2. The normalized spacial score (nSPS) is 11.8. The van der Waals surface area contributed by atoms with Crippen molar-refractivity contribution in [3.05, 3.63) is 41.9 Å². The van der Waals surface area contributed by atoms with Crippen LogP contribution in [-0.2, 0) is 0 Å². The molecule has 2 aromatic rings. The van der Waals surface area contributed by atoms with E-state index in [0.717, 1.165) is 12.0 Å². The average Bonchev–Trinajstić information content (AvgIpc) is 2.96. The van der Waals surface area contributed by atoms with Crippen molar-refractivity contribution in [3.63, 3.8) is 0 Å². The van der Waals surface area contributed by atoms with Crippen molar-refractivity contribution in [2.75, 3.05) is 5.32 Å². The van der Waals surface area contributed by atoms with Crippen molar-refractivity contribution in [3.8, 4) is 6.07 Å². The molecule has 2 rings (SSSR count). The van der Waals surface area contributed by atoms with E-state index >= 15 is 0 Å². The van der Waals surface area contributed by atoms with E-state index in [4.69, 9.17) is 5.26 Å². The highest BCUT2D eigenvalue weighted by atomic mass is 16.2. The Labute approximate surface area is 135 Å². The Kier molecular flexibility index (Phi) is 5.31. The molecule has 2 aromatic heterocycles. The minimum Gasteiger partial charge on any atom is -0.331 e. The van der Waals surface area contributed by atoms with Crippen molar-refractivity contribution in [2.45, 2.75) is 39.3 Å². The van der Waals surface area contributed by atoms with Gasteiger partial charge in [-0.05, 0) is 38.0 Å². The maximum atomic E-state index is 12.2. The van der Waals surface area contributed by atoms with Gasteiger partial charge >= 0.3 is 6.03 Å². The van der Waals surface area contributed by atoms with Crippen LogP contribution in [-0.4, -0.2) is 20.8 Å². The van der Waals surface area contributed by atoms with Crippen LogP contribution in [0.5, 0.6) is 0 Å². The largest absolute Gasteiger partial charge is 0.331 e. The zero-order valence-corrected chi connectivity index (χ0v) is 13.4. The highest BCUT2D eigenvalue weighted by Crippen LogP contribution is 2.17. The third-order valence-electron chi connectivity index (χ3n) is 3.44. The molecule has 1 atom stereocenters. The topological polar surface area (TPSA) is 95.6 Å². The van der Waals surface area contributed by atoms with Gasteiger partial charge in [-0.2, -0.15) is 10.4 Å². The number of nitrogens with zero attached hydrogens (tertiary/aromatic N) is 4. The van der Waals surface area contributed by atoms with Gasteiger partial charge in [0.05, 0.1) is 6.04 Å². The van der Waals surface area contributed by atoms with Gasteiger partial charge in [0.25, 0.3) is 0 Å². The number of aromatic nitrogens is 3. The molecule has 0 aliphatic carbocycles. The fourth-order valence-electron chi connectivity index (χ4n) is 2.15. The van der Waals surface area contributed by atoms with E-state index in [1.807, 2.05) is 39.0 Å². The van der Waals surface area contributed by atoms with Crippen molar-refractivity contribution >= 4 is 11.8 Å². The molecule has 0 saturated heterocycles. The Balaban J connectivity index is 2.09.